The summed E-state index contributed by atoms with van der Waals surface area (Å²) < 4.78 is 2.35. The largest absolute Gasteiger partial charge is 0.299 e. The summed E-state index contributed by atoms with van der Waals surface area (Å²) in [5.74, 6) is -0.162. The molecule has 0 saturated carbocycles. The van der Waals surface area contributed by atoms with Gasteiger partial charge in [0, 0.05) is 10.8 Å². The molecule has 0 saturated heterocycles. The van der Waals surface area contributed by atoms with Crippen LogP contribution in [0.5, 0.6) is 0 Å². The smallest absolute Gasteiger partial charge is 0.208 e. The highest BCUT2D eigenvalue weighted by Gasteiger charge is 2.34. The first-order chi connectivity index (χ1) is 11.3. The molecule has 0 unspecified atom stereocenters. The van der Waals surface area contributed by atoms with Gasteiger partial charge in [-0.1, -0.05) is 48.6 Å². The van der Waals surface area contributed by atoms with Crippen molar-refractivity contribution < 1.29 is 9.59 Å². The third kappa shape index (κ3) is 2.68. The predicted molar refractivity (Wildman–Crippen MR) is 105 cm³/mol. The molecule has 1 heterocycles. The molecule has 0 radical (unpaired) electrons. The summed E-state index contributed by atoms with van der Waals surface area (Å²) in [4.78, 5) is 24.2. The number of fused-ring (bicyclic) bond motifs is 3. The molecule has 0 aliphatic rings. The standard InChI is InChI=1S/C19H17NO2S2/c1-12(21)19(2,3)17(22)24-18(23)20-15-10-6-4-8-13(15)14-9-5-7-11-16(14)20/h4-11H,1-3H3. The summed E-state index contributed by atoms with van der Waals surface area (Å²) in [7, 11) is 0. The third-order valence-corrected chi connectivity index (χ3v) is 5.82. The number of carbonyl (C=O) groups excluding carboxylic acids is 2. The summed E-state index contributed by atoms with van der Waals surface area (Å²) in [5, 5.41) is 1.95. The van der Waals surface area contributed by atoms with Gasteiger partial charge in [-0.05, 0) is 44.7 Å². The monoisotopic (exact) mass is 355 g/mol. The van der Waals surface area contributed by atoms with E-state index in [1.165, 1.54) is 6.92 Å². The maximum Gasteiger partial charge on any atom is 0.208 e. The first kappa shape index (κ1) is 16.9. The minimum Gasteiger partial charge on any atom is -0.299 e. The van der Waals surface area contributed by atoms with Crippen molar-refractivity contribution in [3.63, 3.8) is 0 Å². The van der Waals surface area contributed by atoms with Crippen LogP contribution in [-0.4, -0.2) is 19.8 Å². The van der Waals surface area contributed by atoms with Crippen LogP contribution in [-0.2, 0) is 9.59 Å². The Morgan fingerprint density at radius 3 is 1.88 bits per heavy atom. The minimum absolute atomic E-state index is 0.162. The van der Waals surface area contributed by atoms with Crippen LogP contribution >= 0.6 is 24.0 Å². The van der Waals surface area contributed by atoms with E-state index < -0.39 is 5.41 Å². The molecule has 0 bridgehead atoms. The van der Waals surface area contributed by atoms with Gasteiger partial charge >= 0.3 is 0 Å². The lowest BCUT2D eigenvalue weighted by Gasteiger charge is -2.19. The molecule has 0 fully saturated rings. The van der Waals surface area contributed by atoms with Crippen LogP contribution in [0.1, 0.15) is 20.8 Å². The molecule has 0 spiro atoms. The third-order valence-electron chi connectivity index (χ3n) is 4.33. The van der Waals surface area contributed by atoms with Crippen molar-refractivity contribution in [2.24, 2.45) is 5.41 Å². The molecular formula is C19H17NO2S2. The Labute approximate surface area is 150 Å². The van der Waals surface area contributed by atoms with Gasteiger partial charge in [0.2, 0.25) is 5.12 Å². The highest BCUT2D eigenvalue weighted by molar-refractivity contribution is 8.33. The van der Waals surface area contributed by atoms with Crippen molar-refractivity contribution in [2.45, 2.75) is 20.8 Å². The lowest BCUT2D eigenvalue weighted by atomic mass is 9.91. The molecule has 5 heteroatoms. The fourth-order valence-electron chi connectivity index (χ4n) is 2.52. The number of para-hydroxylation sites is 2. The van der Waals surface area contributed by atoms with Crippen LogP contribution in [0.25, 0.3) is 21.8 Å². The molecule has 3 aromatic rings. The van der Waals surface area contributed by atoms with Crippen LogP contribution in [0.15, 0.2) is 48.5 Å². The molecule has 3 rings (SSSR count). The van der Waals surface area contributed by atoms with Gasteiger partial charge in [-0.3, -0.25) is 14.2 Å². The number of nitrogens with zero attached hydrogens (tertiary/aromatic N) is 1. The first-order valence-corrected chi connectivity index (χ1v) is 8.82. The Morgan fingerprint density at radius 2 is 1.42 bits per heavy atom. The maximum absolute atomic E-state index is 12.5. The molecule has 24 heavy (non-hydrogen) atoms. The van der Waals surface area contributed by atoms with Gasteiger partial charge in [0.15, 0.2) is 4.32 Å². The normalized spacial score (nSPS) is 11.8. The van der Waals surface area contributed by atoms with Crippen molar-refractivity contribution >= 4 is 61.0 Å². The number of Topliss-reactive ketones (excluding diaryl/α,β-unsaturated/α-hetero) is 1. The molecule has 1 aromatic heterocycles. The van der Waals surface area contributed by atoms with Gasteiger partial charge in [-0.15, -0.1) is 0 Å². The molecular weight excluding hydrogens is 338 g/mol. The zero-order chi connectivity index (χ0) is 17.5. The van der Waals surface area contributed by atoms with E-state index in [9.17, 15) is 9.59 Å². The second kappa shape index (κ2) is 6.15. The number of thioether (sulfide) groups is 1. The molecule has 0 amide bonds. The average Bonchev–Trinajstić information content (AvgIpc) is 2.89. The topological polar surface area (TPSA) is 39.1 Å². The summed E-state index contributed by atoms with van der Waals surface area (Å²) in [6.45, 7) is 4.71. The van der Waals surface area contributed by atoms with Crippen molar-refractivity contribution in [2.75, 3.05) is 0 Å². The Kier molecular flexibility index (Phi) is 4.32. The summed E-state index contributed by atoms with van der Waals surface area (Å²) in [6.07, 6.45) is 0. The number of thiocarbonyl (C=S) groups is 1. The number of carbonyl (C=O) groups is 2. The van der Waals surface area contributed by atoms with Crippen LogP contribution in [0.4, 0.5) is 0 Å². The van der Waals surface area contributed by atoms with Crippen LogP contribution in [0, 0.1) is 5.41 Å². The highest BCUT2D eigenvalue weighted by atomic mass is 32.2. The van der Waals surface area contributed by atoms with Crippen LogP contribution < -0.4 is 0 Å². The first-order valence-electron chi connectivity index (χ1n) is 7.60. The van der Waals surface area contributed by atoms with Crippen molar-refractivity contribution in [1.82, 2.24) is 4.57 Å². The average molecular weight is 355 g/mol. The number of rotatable bonds is 2. The number of hydrogen-bond donors (Lipinski definition) is 0. The van der Waals surface area contributed by atoms with Crippen molar-refractivity contribution in [3.8, 4) is 0 Å². The molecule has 0 aliphatic carbocycles. The molecule has 0 N–H and O–H groups in total. The van der Waals surface area contributed by atoms with E-state index in [4.69, 9.17) is 12.2 Å². The Morgan fingerprint density at radius 1 is 0.958 bits per heavy atom. The number of benzene rings is 2. The summed E-state index contributed by atoms with van der Waals surface area (Å²) in [6, 6.07) is 15.9. The van der Waals surface area contributed by atoms with Crippen molar-refractivity contribution in [3.05, 3.63) is 48.5 Å². The fourth-order valence-corrected chi connectivity index (χ4v) is 3.78. The highest BCUT2D eigenvalue weighted by Crippen LogP contribution is 2.33. The lowest BCUT2D eigenvalue weighted by molar-refractivity contribution is -0.132. The van der Waals surface area contributed by atoms with E-state index in [0.717, 1.165) is 33.6 Å². The molecule has 3 nitrogen and oxygen atoms in total. The van der Waals surface area contributed by atoms with E-state index >= 15 is 0 Å². The summed E-state index contributed by atoms with van der Waals surface area (Å²) in [5.41, 5.74) is 0.877. The van der Waals surface area contributed by atoms with E-state index in [-0.39, 0.29) is 10.9 Å². The van der Waals surface area contributed by atoms with E-state index in [2.05, 4.69) is 0 Å². The lowest BCUT2D eigenvalue weighted by Crippen LogP contribution is -2.30. The second-order valence-electron chi connectivity index (χ2n) is 6.21. The van der Waals surface area contributed by atoms with E-state index in [0.29, 0.717) is 4.32 Å². The van der Waals surface area contributed by atoms with Gasteiger partial charge in [0.05, 0.1) is 16.4 Å². The molecule has 0 atom stereocenters. The Bertz CT molecular complexity index is 932. The quantitative estimate of drug-likeness (QED) is 0.489. The van der Waals surface area contributed by atoms with E-state index in [1.54, 1.807) is 13.8 Å². The van der Waals surface area contributed by atoms with Gasteiger partial charge in [0.25, 0.3) is 0 Å². The van der Waals surface area contributed by atoms with E-state index in [1.807, 2.05) is 53.1 Å². The van der Waals surface area contributed by atoms with Gasteiger partial charge < -0.3 is 0 Å². The van der Waals surface area contributed by atoms with Gasteiger partial charge in [0.1, 0.15) is 5.78 Å². The fraction of sp³-hybridized carbons (Fsp3) is 0.211. The number of hydrogen-bond acceptors (Lipinski definition) is 4. The van der Waals surface area contributed by atoms with Gasteiger partial charge in [-0.2, -0.15) is 0 Å². The zero-order valence-electron chi connectivity index (χ0n) is 13.7. The Balaban J connectivity index is 2.10. The van der Waals surface area contributed by atoms with Crippen LogP contribution in [0.2, 0.25) is 0 Å². The summed E-state index contributed by atoms with van der Waals surface area (Å²) >= 11 is 6.51. The second-order valence-corrected chi connectivity index (χ2v) is 7.81. The van der Waals surface area contributed by atoms with Crippen molar-refractivity contribution in [1.29, 1.82) is 0 Å². The predicted octanol–water partition coefficient (Wildman–Crippen LogP) is 4.80. The molecule has 2 aromatic carbocycles. The maximum atomic E-state index is 12.5. The molecule has 0 aliphatic heterocycles. The number of ketones is 1. The number of aromatic nitrogens is 1. The minimum atomic E-state index is -1.05. The Hall–Kier alpha value is -1.98. The van der Waals surface area contributed by atoms with Crippen LogP contribution in [0.3, 0.4) is 0 Å². The molecule has 122 valence electrons. The SMILES string of the molecule is CC(=O)C(C)(C)C(=O)SC(=S)n1c2ccccc2c2ccccc21. The van der Waals surface area contributed by atoms with Gasteiger partial charge in [-0.25, -0.2) is 0 Å². The zero-order valence-corrected chi connectivity index (χ0v) is 15.3.